The highest BCUT2D eigenvalue weighted by molar-refractivity contribution is 5.99. The van der Waals surface area contributed by atoms with Gasteiger partial charge in [0.15, 0.2) is 6.10 Å². The molecule has 30 heavy (non-hydrogen) atoms. The minimum Gasteiger partial charge on any atom is -0.448 e. The first-order valence-electron chi connectivity index (χ1n) is 10.1. The number of esters is 1. The van der Waals surface area contributed by atoms with E-state index < -0.39 is 18.0 Å². The lowest BCUT2D eigenvalue weighted by Gasteiger charge is -2.13. The van der Waals surface area contributed by atoms with E-state index in [-0.39, 0.29) is 5.57 Å². The van der Waals surface area contributed by atoms with Gasteiger partial charge in [0.05, 0.1) is 0 Å². The maximum Gasteiger partial charge on any atom is 0.349 e. The van der Waals surface area contributed by atoms with Gasteiger partial charge in [0.2, 0.25) is 0 Å². The lowest BCUT2D eigenvalue weighted by molar-refractivity contribution is -0.150. The highest BCUT2D eigenvalue weighted by Crippen LogP contribution is 2.38. The number of aryl methyl sites for hydroxylation is 2. The van der Waals surface area contributed by atoms with Gasteiger partial charge < -0.3 is 14.6 Å². The summed E-state index contributed by atoms with van der Waals surface area (Å²) in [5, 5.41) is 12.2. The first kappa shape index (κ1) is 21.4. The fraction of sp³-hybridized carbons (Fsp3) is 0.375. The summed E-state index contributed by atoms with van der Waals surface area (Å²) in [6.45, 7) is 7.84. The van der Waals surface area contributed by atoms with Gasteiger partial charge in [-0.1, -0.05) is 29.8 Å². The van der Waals surface area contributed by atoms with Crippen molar-refractivity contribution in [3.8, 4) is 6.07 Å². The average Bonchev–Trinajstić information content (AvgIpc) is 3.50. The minimum absolute atomic E-state index is 0.121. The van der Waals surface area contributed by atoms with Gasteiger partial charge in [-0.2, -0.15) is 5.26 Å². The molecule has 1 fully saturated rings. The molecule has 1 N–H and O–H groups in total. The number of nitrogens with one attached hydrogen (secondary N) is 1. The number of rotatable bonds is 7. The van der Waals surface area contributed by atoms with Crippen LogP contribution < -0.4 is 5.32 Å². The van der Waals surface area contributed by atoms with Crippen LogP contribution in [-0.4, -0.2) is 22.5 Å². The van der Waals surface area contributed by atoms with Crippen molar-refractivity contribution in [3.05, 3.63) is 64.0 Å². The van der Waals surface area contributed by atoms with E-state index in [1.165, 1.54) is 6.92 Å². The predicted octanol–water partition coefficient (Wildman–Crippen LogP) is 3.90. The first-order chi connectivity index (χ1) is 14.3. The third-order valence-corrected chi connectivity index (χ3v) is 5.32. The number of carbonyl (C=O) groups excluding carboxylic acids is 2. The van der Waals surface area contributed by atoms with Crippen LogP contribution in [-0.2, 0) is 20.9 Å². The number of hydrogen-bond acceptors (Lipinski definition) is 4. The van der Waals surface area contributed by atoms with Crippen molar-refractivity contribution in [1.82, 2.24) is 9.88 Å². The maximum atomic E-state index is 12.5. The first-order valence-corrected chi connectivity index (χ1v) is 10.1. The van der Waals surface area contributed by atoms with Crippen molar-refractivity contribution in [2.75, 3.05) is 0 Å². The van der Waals surface area contributed by atoms with E-state index in [1.807, 2.05) is 57.2 Å². The van der Waals surface area contributed by atoms with E-state index in [4.69, 9.17) is 4.74 Å². The molecule has 156 valence electrons. The molecule has 0 unspecified atom stereocenters. The van der Waals surface area contributed by atoms with Crippen LogP contribution >= 0.6 is 0 Å². The fourth-order valence-electron chi connectivity index (χ4n) is 3.45. The van der Waals surface area contributed by atoms with Gasteiger partial charge in [-0.15, -0.1) is 0 Å². The summed E-state index contributed by atoms with van der Waals surface area (Å²) >= 11 is 0. The van der Waals surface area contributed by atoms with Gasteiger partial charge in [-0.25, -0.2) is 4.79 Å². The normalized spacial score (nSPS) is 14.7. The zero-order valence-electron chi connectivity index (χ0n) is 17.9. The molecule has 1 amide bonds. The molecule has 2 aromatic rings. The molecule has 1 aliphatic rings. The lowest BCUT2D eigenvalue weighted by atomic mass is 10.1. The largest absolute Gasteiger partial charge is 0.448 e. The van der Waals surface area contributed by atoms with Crippen LogP contribution in [0.1, 0.15) is 53.9 Å². The summed E-state index contributed by atoms with van der Waals surface area (Å²) in [5.41, 5.74) is 4.93. The SMILES string of the molecule is Cc1ccc(CNC(=O)[C@H](C)OC(=O)/C(C#N)=C/c2cc(C)n(C3CC3)c2C)cc1. The summed E-state index contributed by atoms with van der Waals surface area (Å²) in [6.07, 6.45) is 2.85. The second-order valence-electron chi connectivity index (χ2n) is 7.85. The second-order valence-corrected chi connectivity index (χ2v) is 7.85. The summed E-state index contributed by atoms with van der Waals surface area (Å²) in [7, 11) is 0. The molecule has 3 rings (SSSR count). The molecule has 1 aromatic heterocycles. The van der Waals surface area contributed by atoms with E-state index in [1.54, 1.807) is 6.08 Å². The number of nitrogens with zero attached hydrogens (tertiary/aromatic N) is 2. The Morgan fingerprint density at radius 1 is 1.27 bits per heavy atom. The van der Waals surface area contributed by atoms with Crippen molar-refractivity contribution in [1.29, 1.82) is 5.26 Å². The van der Waals surface area contributed by atoms with Crippen molar-refractivity contribution in [3.63, 3.8) is 0 Å². The van der Waals surface area contributed by atoms with Gasteiger partial charge in [0.1, 0.15) is 11.6 Å². The number of carbonyl (C=O) groups is 2. The molecular formula is C24H27N3O3. The number of amides is 1. The van der Waals surface area contributed by atoms with Crippen LogP contribution in [0.25, 0.3) is 6.08 Å². The predicted molar refractivity (Wildman–Crippen MR) is 114 cm³/mol. The van der Waals surface area contributed by atoms with Gasteiger partial charge in [-0.3, -0.25) is 4.79 Å². The Labute approximate surface area is 177 Å². The smallest absolute Gasteiger partial charge is 0.349 e. The number of aromatic nitrogens is 1. The Hall–Kier alpha value is -3.33. The molecular weight excluding hydrogens is 378 g/mol. The Bertz CT molecular complexity index is 1020. The van der Waals surface area contributed by atoms with Crippen LogP contribution in [0.15, 0.2) is 35.9 Å². The minimum atomic E-state index is -1.00. The third-order valence-electron chi connectivity index (χ3n) is 5.32. The molecule has 0 spiro atoms. The fourth-order valence-corrected chi connectivity index (χ4v) is 3.45. The highest BCUT2D eigenvalue weighted by Gasteiger charge is 2.27. The number of nitriles is 1. The molecule has 1 atom stereocenters. The zero-order valence-corrected chi connectivity index (χ0v) is 17.9. The Balaban J connectivity index is 1.62. The summed E-state index contributed by atoms with van der Waals surface area (Å²) in [5.74, 6) is -1.21. The lowest BCUT2D eigenvalue weighted by Crippen LogP contribution is -2.35. The molecule has 6 nitrogen and oxygen atoms in total. The molecule has 1 saturated carbocycles. The number of hydrogen-bond donors (Lipinski definition) is 1. The van der Waals surface area contributed by atoms with Crippen LogP contribution in [0.4, 0.5) is 0 Å². The molecule has 1 aromatic carbocycles. The molecule has 1 heterocycles. The summed E-state index contributed by atoms with van der Waals surface area (Å²) in [6, 6.07) is 12.2. The van der Waals surface area contributed by atoms with Crippen LogP contribution in [0, 0.1) is 32.1 Å². The van der Waals surface area contributed by atoms with Gasteiger partial charge in [-0.05, 0) is 63.8 Å². The molecule has 1 aliphatic carbocycles. The number of benzene rings is 1. The summed E-state index contributed by atoms with van der Waals surface area (Å²) in [4.78, 5) is 24.7. The molecule has 0 radical (unpaired) electrons. The van der Waals surface area contributed by atoms with Crippen molar-refractivity contribution in [2.24, 2.45) is 0 Å². The van der Waals surface area contributed by atoms with Gasteiger partial charge >= 0.3 is 5.97 Å². The van der Waals surface area contributed by atoms with E-state index in [9.17, 15) is 14.9 Å². The van der Waals surface area contributed by atoms with Crippen LogP contribution in [0.5, 0.6) is 0 Å². The Kier molecular flexibility index (Phi) is 6.41. The van der Waals surface area contributed by atoms with Crippen molar-refractivity contribution in [2.45, 2.75) is 59.2 Å². The van der Waals surface area contributed by atoms with Crippen LogP contribution in [0.2, 0.25) is 0 Å². The molecule has 0 aliphatic heterocycles. The van der Waals surface area contributed by atoms with Crippen LogP contribution in [0.3, 0.4) is 0 Å². The zero-order chi connectivity index (χ0) is 21.8. The quantitative estimate of drug-likeness (QED) is 0.430. The summed E-state index contributed by atoms with van der Waals surface area (Å²) < 4.78 is 7.48. The molecule has 0 bridgehead atoms. The standard InChI is InChI=1S/C24H27N3O3/c1-15-5-7-19(8-6-15)14-26-23(28)18(4)30-24(29)21(13-25)12-20-11-16(2)27(17(20)3)22-9-10-22/h5-8,11-12,18,22H,9-10,14H2,1-4H3,(H,26,28)/b21-12+/t18-/m0/s1. The van der Waals surface area contributed by atoms with Crippen molar-refractivity contribution >= 4 is 18.0 Å². The van der Waals surface area contributed by atoms with E-state index >= 15 is 0 Å². The average molecular weight is 405 g/mol. The Morgan fingerprint density at radius 3 is 2.53 bits per heavy atom. The monoisotopic (exact) mass is 405 g/mol. The molecule has 0 saturated heterocycles. The molecule has 6 heteroatoms. The van der Waals surface area contributed by atoms with Gasteiger partial charge in [0, 0.05) is 24.0 Å². The highest BCUT2D eigenvalue weighted by atomic mass is 16.5. The number of ether oxygens (including phenoxy) is 1. The van der Waals surface area contributed by atoms with E-state index in [2.05, 4.69) is 9.88 Å². The van der Waals surface area contributed by atoms with Crippen molar-refractivity contribution < 1.29 is 14.3 Å². The second kappa shape index (κ2) is 9.00. The topological polar surface area (TPSA) is 84.1 Å². The third kappa shape index (κ3) is 4.98. The van der Waals surface area contributed by atoms with E-state index in [0.29, 0.717) is 12.6 Å². The maximum absolute atomic E-state index is 12.5. The van der Waals surface area contributed by atoms with E-state index in [0.717, 1.165) is 40.9 Å². The van der Waals surface area contributed by atoms with Gasteiger partial charge in [0.25, 0.3) is 5.91 Å². The Morgan fingerprint density at radius 2 is 1.93 bits per heavy atom.